The summed E-state index contributed by atoms with van der Waals surface area (Å²) in [7, 11) is 0. The largest absolute Gasteiger partial charge is 0.397 e. The van der Waals surface area contributed by atoms with Crippen LogP contribution in [0.1, 0.15) is 16.1 Å². The second kappa shape index (κ2) is 4.52. The molecule has 0 aliphatic carbocycles. The van der Waals surface area contributed by atoms with Crippen molar-refractivity contribution in [3.63, 3.8) is 0 Å². The third kappa shape index (κ3) is 2.51. The third-order valence-electron chi connectivity index (χ3n) is 2.18. The molecule has 0 bridgehead atoms. The monoisotopic (exact) mass is 232 g/mol. The van der Waals surface area contributed by atoms with Crippen LogP contribution >= 0.6 is 0 Å². The van der Waals surface area contributed by atoms with Crippen LogP contribution in [0.5, 0.6) is 0 Å². The van der Waals surface area contributed by atoms with Crippen LogP contribution in [0.15, 0.2) is 24.5 Å². The highest BCUT2D eigenvalue weighted by Crippen LogP contribution is 2.15. The molecule has 0 saturated heterocycles. The molecule has 0 aromatic carbocycles. The zero-order valence-electron chi connectivity index (χ0n) is 8.97. The zero-order valence-corrected chi connectivity index (χ0v) is 8.97. The average molecular weight is 232 g/mol. The minimum absolute atomic E-state index is 0.268. The van der Waals surface area contributed by atoms with E-state index in [4.69, 9.17) is 11.5 Å². The molecule has 0 saturated carbocycles. The Hall–Kier alpha value is -2.57. The maximum Gasteiger partial charge on any atom is 0.252 e. The summed E-state index contributed by atoms with van der Waals surface area (Å²) in [5.41, 5.74) is 12.3. The van der Waals surface area contributed by atoms with Gasteiger partial charge in [0.15, 0.2) is 0 Å². The number of H-pyrrole nitrogens is 1. The van der Waals surface area contributed by atoms with Crippen LogP contribution in [-0.2, 0) is 6.54 Å². The lowest BCUT2D eigenvalue weighted by Crippen LogP contribution is -2.16. The van der Waals surface area contributed by atoms with Gasteiger partial charge in [-0.3, -0.25) is 9.89 Å². The van der Waals surface area contributed by atoms with Crippen LogP contribution in [0.3, 0.4) is 0 Å². The lowest BCUT2D eigenvalue weighted by Gasteiger charge is -2.08. The molecule has 0 fully saturated rings. The fraction of sp³-hybridized carbons (Fsp3) is 0.100. The summed E-state index contributed by atoms with van der Waals surface area (Å²) >= 11 is 0. The Morgan fingerprint density at radius 3 is 3.00 bits per heavy atom. The van der Waals surface area contributed by atoms with Crippen molar-refractivity contribution in [2.45, 2.75) is 6.54 Å². The van der Waals surface area contributed by atoms with Crippen LogP contribution in [0.4, 0.5) is 11.5 Å². The number of primary amides is 1. The molecule has 0 aliphatic rings. The molecule has 6 N–H and O–H groups in total. The van der Waals surface area contributed by atoms with Gasteiger partial charge in [-0.2, -0.15) is 5.10 Å². The lowest BCUT2D eigenvalue weighted by molar-refractivity contribution is 0.100. The normalized spacial score (nSPS) is 10.1. The molecule has 88 valence electrons. The van der Waals surface area contributed by atoms with E-state index in [0.29, 0.717) is 18.1 Å². The predicted molar refractivity (Wildman–Crippen MR) is 63.1 cm³/mol. The van der Waals surface area contributed by atoms with Crippen molar-refractivity contribution in [2.75, 3.05) is 11.1 Å². The molecular weight excluding hydrogens is 220 g/mol. The Kier molecular flexibility index (Phi) is 2.91. The summed E-state index contributed by atoms with van der Waals surface area (Å²) in [6.45, 7) is 0.469. The number of anilines is 2. The summed E-state index contributed by atoms with van der Waals surface area (Å²) in [6.07, 6.45) is 3.10. The van der Waals surface area contributed by atoms with Gasteiger partial charge in [0.25, 0.3) is 5.91 Å². The van der Waals surface area contributed by atoms with Crippen molar-refractivity contribution < 1.29 is 4.79 Å². The van der Waals surface area contributed by atoms with Crippen LogP contribution in [0.25, 0.3) is 0 Å². The highest BCUT2D eigenvalue weighted by Gasteiger charge is 2.10. The average Bonchev–Trinajstić information content (AvgIpc) is 2.80. The van der Waals surface area contributed by atoms with Gasteiger partial charge >= 0.3 is 0 Å². The molecule has 2 heterocycles. The number of nitrogens with two attached hydrogens (primary N) is 2. The van der Waals surface area contributed by atoms with Gasteiger partial charge in [0.1, 0.15) is 5.82 Å². The van der Waals surface area contributed by atoms with Gasteiger partial charge in [-0.1, -0.05) is 0 Å². The number of aromatic amines is 1. The summed E-state index contributed by atoms with van der Waals surface area (Å²) in [5, 5.41) is 9.58. The molecule has 2 rings (SSSR count). The molecule has 2 aromatic heterocycles. The smallest absolute Gasteiger partial charge is 0.252 e. The minimum Gasteiger partial charge on any atom is -0.397 e. The van der Waals surface area contributed by atoms with E-state index in [2.05, 4.69) is 20.5 Å². The van der Waals surface area contributed by atoms with Crippen molar-refractivity contribution in [1.29, 1.82) is 0 Å². The number of amides is 1. The first-order valence-corrected chi connectivity index (χ1v) is 4.94. The number of nitrogens with zero attached hydrogens (tertiary/aromatic N) is 2. The van der Waals surface area contributed by atoms with E-state index in [1.807, 2.05) is 6.07 Å². The Balaban J connectivity index is 2.17. The van der Waals surface area contributed by atoms with Gasteiger partial charge in [0.2, 0.25) is 0 Å². The number of hydrogen-bond acceptors (Lipinski definition) is 5. The summed E-state index contributed by atoms with van der Waals surface area (Å²) < 4.78 is 0. The van der Waals surface area contributed by atoms with Crippen molar-refractivity contribution in [1.82, 2.24) is 15.2 Å². The number of carbonyl (C=O) groups is 1. The molecule has 7 heteroatoms. The molecule has 17 heavy (non-hydrogen) atoms. The SMILES string of the molecule is NC(=O)c1cc(N)cnc1NCc1ccn[nH]1. The van der Waals surface area contributed by atoms with Gasteiger partial charge < -0.3 is 16.8 Å². The van der Waals surface area contributed by atoms with Gasteiger partial charge in [0, 0.05) is 6.20 Å². The first kappa shape index (κ1) is 10.9. The van der Waals surface area contributed by atoms with Crippen LogP contribution < -0.4 is 16.8 Å². The molecule has 0 unspecified atom stereocenters. The van der Waals surface area contributed by atoms with Crippen molar-refractivity contribution in [3.8, 4) is 0 Å². The van der Waals surface area contributed by atoms with E-state index in [1.54, 1.807) is 6.20 Å². The van der Waals surface area contributed by atoms with Gasteiger partial charge in [-0.05, 0) is 12.1 Å². The lowest BCUT2D eigenvalue weighted by atomic mass is 10.2. The summed E-state index contributed by atoms with van der Waals surface area (Å²) in [6, 6.07) is 3.30. The molecule has 0 radical (unpaired) electrons. The number of aromatic nitrogens is 3. The fourth-order valence-corrected chi connectivity index (χ4v) is 1.37. The molecule has 0 spiro atoms. The number of carbonyl (C=O) groups excluding carboxylic acids is 1. The van der Waals surface area contributed by atoms with Gasteiger partial charge in [-0.25, -0.2) is 4.98 Å². The van der Waals surface area contributed by atoms with E-state index in [0.717, 1.165) is 5.69 Å². The molecular formula is C10H12N6O. The maximum atomic E-state index is 11.2. The summed E-state index contributed by atoms with van der Waals surface area (Å²) in [4.78, 5) is 15.2. The van der Waals surface area contributed by atoms with E-state index in [-0.39, 0.29) is 5.56 Å². The number of rotatable bonds is 4. The molecule has 1 amide bonds. The second-order valence-corrected chi connectivity index (χ2v) is 3.46. The predicted octanol–water partition coefficient (Wildman–Crippen LogP) is 0.0979. The Morgan fingerprint density at radius 1 is 1.53 bits per heavy atom. The molecule has 0 aliphatic heterocycles. The Morgan fingerprint density at radius 2 is 2.35 bits per heavy atom. The Labute approximate surface area is 97.2 Å². The van der Waals surface area contributed by atoms with E-state index in [9.17, 15) is 4.79 Å². The quantitative estimate of drug-likeness (QED) is 0.595. The summed E-state index contributed by atoms with van der Waals surface area (Å²) in [5.74, 6) is -0.168. The van der Waals surface area contributed by atoms with Crippen molar-refractivity contribution in [2.24, 2.45) is 5.73 Å². The molecule has 0 atom stereocenters. The van der Waals surface area contributed by atoms with Crippen LogP contribution in [0.2, 0.25) is 0 Å². The number of nitrogen functional groups attached to an aromatic ring is 1. The van der Waals surface area contributed by atoms with Crippen LogP contribution in [-0.4, -0.2) is 21.1 Å². The number of nitrogens with one attached hydrogen (secondary N) is 2. The minimum atomic E-state index is -0.572. The second-order valence-electron chi connectivity index (χ2n) is 3.46. The topological polar surface area (TPSA) is 123 Å². The van der Waals surface area contributed by atoms with Gasteiger partial charge in [0.05, 0.1) is 29.7 Å². The van der Waals surface area contributed by atoms with Gasteiger partial charge in [-0.15, -0.1) is 0 Å². The Bertz CT molecular complexity index is 522. The maximum absolute atomic E-state index is 11.2. The van der Waals surface area contributed by atoms with Crippen molar-refractivity contribution >= 4 is 17.4 Å². The fourth-order valence-electron chi connectivity index (χ4n) is 1.37. The van der Waals surface area contributed by atoms with Crippen LogP contribution in [0, 0.1) is 0 Å². The van der Waals surface area contributed by atoms with E-state index >= 15 is 0 Å². The molecule has 2 aromatic rings. The first-order valence-electron chi connectivity index (χ1n) is 4.94. The number of pyridine rings is 1. The zero-order chi connectivity index (χ0) is 12.3. The van der Waals surface area contributed by atoms with Crippen molar-refractivity contribution in [3.05, 3.63) is 35.8 Å². The highest BCUT2D eigenvalue weighted by molar-refractivity contribution is 5.98. The standard InChI is InChI=1S/C10H12N6O/c11-6-3-8(9(12)17)10(13-4-6)14-5-7-1-2-15-16-7/h1-4H,5,11H2,(H2,12,17)(H,13,14)(H,15,16). The number of hydrogen-bond donors (Lipinski definition) is 4. The highest BCUT2D eigenvalue weighted by atomic mass is 16.1. The molecule has 7 nitrogen and oxygen atoms in total. The first-order chi connectivity index (χ1) is 8.16. The third-order valence-corrected chi connectivity index (χ3v) is 2.18. The van der Waals surface area contributed by atoms with E-state index in [1.165, 1.54) is 12.3 Å². The van der Waals surface area contributed by atoms with E-state index < -0.39 is 5.91 Å².